The molecule has 6 heteroatoms. The zero-order valence-corrected chi connectivity index (χ0v) is 11.0. The van der Waals surface area contributed by atoms with E-state index in [4.69, 9.17) is 0 Å². The Kier molecular flexibility index (Phi) is 4.80. The minimum Gasteiger partial charge on any atom is -0.373 e. The second kappa shape index (κ2) is 5.95. The van der Waals surface area contributed by atoms with Crippen LogP contribution in [0.2, 0.25) is 0 Å². The van der Waals surface area contributed by atoms with Gasteiger partial charge in [-0.25, -0.2) is 0 Å². The number of anilines is 1. The van der Waals surface area contributed by atoms with E-state index in [0.29, 0.717) is 0 Å². The number of hydrogen-bond acceptors (Lipinski definition) is 2. The van der Waals surface area contributed by atoms with Crippen LogP contribution in [0.25, 0.3) is 0 Å². The summed E-state index contributed by atoms with van der Waals surface area (Å²) in [6, 6.07) is 4.29. The molecule has 1 atom stereocenters. The Bertz CT molecular complexity index is 444. The third-order valence-electron chi connectivity index (χ3n) is 2.43. The summed E-state index contributed by atoms with van der Waals surface area (Å²) in [4.78, 5) is 11.7. The van der Waals surface area contributed by atoms with Gasteiger partial charge in [0.25, 0.3) is 0 Å². The molecule has 19 heavy (non-hydrogen) atoms. The van der Waals surface area contributed by atoms with Crippen molar-refractivity contribution in [1.82, 2.24) is 5.32 Å². The third-order valence-corrected chi connectivity index (χ3v) is 2.43. The Hall–Kier alpha value is -1.72. The molecule has 0 aromatic heterocycles. The van der Waals surface area contributed by atoms with Crippen molar-refractivity contribution in [3.8, 4) is 0 Å². The highest BCUT2D eigenvalue weighted by Crippen LogP contribution is 2.34. The molecule has 0 aliphatic carbocycles. The summed E-state index contributed by atoms with van der Waals surface area (Å²) >= 11 is 0. The Morgan fingerprint density at radius 3 is 2.26 bits per heavy atom. The molecule has 0 spiro atoms. The van der Waals surface area contributed by atoms with Gasteiger partial charge in [0.2, 0.25) is 5.91 Å². The lowest BCUT2D eigenvalue weighted by Crippen LogP contribution is -2.41. The Labute approximate surface area is 110 Å². The maximum Gasteiger partial charge on any atom is 0.418 e. The van der Waals surface area contributed by atoms with Gasteiger partial charge >= 0.3 is 6.18 Å². The van der Waals surface area contributed by atoms with Crippen LogP contribution in [0.1, 0.15) is 26.3 Å². The van der Waals surface area contributed by atoms with E-state index in [9.17, 15) is 18.0 Å². The van der Waals surface area contributed by atoms with Crippen LogP contribution in [0.4, 0.5) is 18.9 Å². The zero-order valence-electron chi connectivity index (χ0n) is 11.0. The van der Waals surface area contributed by atoms with E-state index in [0.717, 1.165) is 6.07 Å². The van der Waals surface area contributed by atoms with Gasteiger partial charge in [-0.15, -0.1) is 0 Å². The molecule has 1 rings (SSSR count). The van der Waals surface area contributed by atoms with Crippen LogP contribution >= 0.6 is 0 Å². The molecule has 1 aromatic rings. The maximum absolute atomic E-state index is 12.8. The summed E-state index contributed by atoms with van der Waals surface area (Å²) in [7, 11) is 0. The SMILES string of the molecule is CC(C)NC(=O)C(C)Nc1ccccc1C(F)(F)F. The van der Waals surface area contributed by atoms with Gasteiger partial charge < -0.3 is 10.6 Å². The molecule has 0 aliphatic heterocycles. The van der Waals surface area contributed by atoms with Gasteiger partial charge in [0.05, 0.1) is 5.56 Å². The first-order valence-corrected chi connectivity index (χ1v) is 5.95. The van der Waals surface area contributed by atoms with Crippen LogP contribution in [0, 0.1) is 0 Å². The predicted molar refractivity (Wildman–Crippen MR) is 67.8 cm³/mol. The van der Waals surface area contributed by atoms with Crippen LogP contribution in [-0.4, -0.2) is 18.0 Å². The predicted octanol–water partition coefficient (Wildman–Crippen LogP) is 3.03. The van der Waals surface area contributed by atoms with E-state index in [-0.39, 0.29) is 17.6 Å². The average Bonchev–Trinajstić information content (AvgIpc) is 2.27. The van der Waals surface area contributed by atoms with Crippen LogP contribution in [-0.2, 0) is 11.0 Å². The molecule has 106 valence electrons. The number of carbonyl (C=O) groups is 1. The van der Waals surface area contributed by atoms with E-state index >= 15 is 0 Å². The van der Waals surface area contributed by atoms with Crippen molar-refractivity contribution in [2.24, 2.45) is 0 Å². The van der Waals surface area contributed by atoms with Gasteiger partial charge in [-0.05, 0) is 32.9 Å². The smallest absolute Gasteiger partial charge is 0.373 e. The van der Waals surface area contributed by atoms with Crippen LogP contribution < -0.4 is 10.6 Å². The number of benzene rings is 1. The van der Waals surface area contributed by atoms with Crippen molar-refractivity contribution in [2.45, 2.75) is 39.0 Å². The molecule has 0 heterocycles. The van der Waals surface area contributed by atoms with Crippen molar-refractivity contribution < 1.29 is 18.0 Å². The molecule has 1 amide bonds. The van der Waals surface area contributed by atoms with Gasteiger partial charge in [-0.2, -0.15) is 13.2 Å². The zero-order chi connectivity index (χ0) is 14.6. The molecule has 0 bridgehead atoms. The summed E-state index contributed by atoms with van der Waals surface area (Å²) < 4.78 is 38.3. The number of rotatable bonds is 4. The van der Waals surface area contributed by atoms with Gasteiger partial charge in [0.15, 0.2) is 0 Å². The quantitative estimate of drug-likeness (QED) is 0.886. The molecule has 0 fully saturated rings. The largest absolute Gasteiger partial charge is 0.418 e. The highest BCUT2D eigenvalue weighted by Gasteiger charge is 2.33. The molecular formula is C13H17F3N2O. The lowest BCUT2D eigenvalue weighted by Gasteiger charge is -2.20. The first-order valence-electron chi connectivity index (χ1n) is 5.95. The second-order valence-electron chi connectivity index (χ2n) is 4.57. The lowest BCUT2D eigenvalue weighted by atomic mass is 10.1. The van der Waals surface area contributed by atoms with Crippen molar-refractivity contribution in [3.63, 3.8) is 0 Å². The first kappa shape index (κ1) is 15.3. The van der Waals surface area contributed by atoms with Crippen molar-refractivity contribution >= 4 is 11.6 Å². The minimum absolute atomic E-state index is 0.0605. The summed E-state index contributed by atoms with van der Waals surface area (Å²) in [5.41, 5.74) is -0.874. The minimum atomic E-state index is -4.45. The standard InChI is InChI=1S/C13H17F3N2O/c1-8(2)17-12(19)9(3)18-11-7-5-4-6-10(11)13(14,15)16/h4-9,18H,1-3H3,(H,17,19). The Morgan fingerprint density at radius 2 is 1.74 bits per heavy atom. The van der Waals surface area contributed by atoms with Crippen LogP contribution in [0.15, 0.2) is 24.3 Å². The molecular weight excluding hydrogens is 257 g/mol. The summed E-state index contributed by atoms with van der Waals surface area (Å²) in [5, 5.41) is 5.23. The fourth-order valence-electron chi connectivity index (χ4n) is 1.56. The molecule has 2 N–H and O–H groups in total. The number of amides is 1. The van der Waals surface area contributed by atoms with Crippen LogP contribution in [0.5, 0.6) is 0 Å². The fraction of sp³-hybridized carbons (Fsp3) is 0.462. The molecule has 3 nitrogen and oxygen atoms in total. The average molecular weight is 274 g/mol. The first-order chi connectivity index (χ1) is 8.71. The number of carbonyl (C=O) groups excluding carboxylic acids is 1. The molecule has 1 unspecified atom stereocenters. The molecule has 0 aliphatic rings. The van der Waals surface area contributed by atoms with E-state index < -0.39 is 17.8 Å². The summed E-state index contributed by atoms with van der Waals surface area (Å²) in [6.07, 6.45) is -4.45. The number of halogens is 3. The van der Waals surface area contributed by atoms with E-state index in [1.54, 1.807) is 13.8 Å². The van der Waals surface area contributed by atoms with Crippen LogP contribution in [0.3, 0.4) is 0 Å². The van der Waals surface area contributed by atoms with Crippen molar-refractivity contribution in [1.29, 1.82) is 0 Å². The second-order valence-corrected chi connectivity index (χ2v) is 4.57. The molecule has 1 aromatic carbocycles. The van der Waals surface area contributed by atoms with E-state index in [1.807, 2.05) is 0 Å². The van der Waals surface area contributed by atoms with E-state index in [2.05, 4.69) is 10.6 Å². The number of para-hydroxylation sites is 1. The normalized spacial score (nSPS) is 13.2. The monoisotopic (exact) mass is 274 g/mol. The molecule has 0 radical (unpaired) electrons. The maximum atomic E-state index is 12.8. The van der Waals surface area contributed by atoms with Gasteiger partial charge in [-0.3, -0.25) is 4.79 Å². The summed E-state index contributed by atoms with van der Waals surface area (Å²) in [5.74, 6) is -0.341. The molecule has 0 saturated heterocycles. The fourth-order valence-corrected chi connectivity index (χ4v) is 1.56. The van der Waals surface area contributed by atoms with Gasteiger partial charge in [0.1, 0.15) is 6.04 Å². The number of nitrogens with one attached hydrogen (secondary N) is 2. The number of alkyl halides is 3. The van der Waals surface area contributed by atoms with Gasteiger partial charge in [-0.1, -0.05) is 12.1 Å². The van der Waals surface area contributed by atoms with Crippen molar-refractivity contribution in [3.05, 3.63) is 29.8 Å². The molecule has 0 saturated carbocycles. The third kappa shape index (κ3) is 4.46. The van der Waals surface area contributed by atoms with Crippen molar-refractivity contribution in [2.75, 3.05) is 5.32 Å². The summed E-state index contributed by atoms with van der Waals surface area (Å²) in [6.45, 7) is 5.09. The lowest BCUT2D eigenvalue weighted by molar-refractivity contribution is -0.137. The highest BCUT2D eigenvalue weighted by molar-refractivity contribution is 5.84. The van der Waals surface area contributed by atoms with E-state index in [1.165, 1.54) is 25.1 Å². The highest BCUT2D eigenvalue weighted by atomic mass is 19.4. The number of hydrogen-bond donors (Lipinski definition) is 2. The topological polar surface area (TPSA) is 41.1 Å². The van der Waals surface area contributed by atoms with Gasteiger partial charge in [0, 0.05) is 11.7 Å². The Morgan fingerprint density at radius 1 is 1.16 bits per heavy atom. The Balaban J connectivity index is 2.85.